The number of ether oxygens (including phenoxy) is 3. The molecule has 27 heavy (non-hydrogen) atoms. The predicted octanol–water partition coefficient (Wildman–Crippen LogP) is 3.80. The lowest BCUT2D eigenvalue weighted by Crippen LogP contribution is -2.21. The largest absolute Gasteiger partial charge is 0.493 e. The van der Waals surface area contributed by atoms with Crippen LogP contribution in [-0.4, -0.2) is 32.7 Å². The Morgan fingerprint density at radius 3 is 2.11 bits per heavy atom. The standard InChI is InChI=1S/C21H25NO5/c1-21(2,3)15-8-6-14(7-9-15)20(24)27-13-19(23)22-16-10-11-17(25-4)18(12-16)26-5/h6-12H,13H2,1-5H3,(H,22,23). The van der Waals surface area contributed by atoms with Gasteiger partial charge in [-0.3, -0.25) is 4.79 Å². The summed E-state index contributed by atoms with van der Waals surface area (Å²) in [6, 6.07) is 12.2. The molecule has 0 bridgehead atoms. The van der Waals surface area contributed by atoms with Crippen molar-refractivity contribution in [3.8, 4) is 11.5 Å². The van der Waals surface area contributed by atoms with Crippen molar-refractivity contribution in [3.63, 3.8) is 0 Å². The number of methoxy groups -OCH3 is 2. The number of anilines is 1. The van der Waals surface area contributed by atoms with Crippen LogP contribution in [0.15, 0.2) is 42.5 Å². The van der Waals surface area contributed by atoms with Crippen molar-refractivity contribution in [2.75, 3.05) is 26.1 Å². The highest BCUT2D eigenvalue weighted by atomic mass is 16.5. The van der Waals surface area contributed by atoms with E-state index in [9.17, 15) is 9.59 Å². The minimum absolute atomic E-state index is 0.00173. The Balaban J connectivity index is 1.92. The molecular weight excluding hydrogens is 346 g/mol. The predicted molar refractivity (Wildman–Crippen MR) is 104 cm³/mol. The lowest BCUT2D eigenvalue weighted by Gasteiger charge is -2.18. The van der Waals surface area contributed by atoms with Crippen LogP contribution in [0, 0.1) is 0 Å². The van der Waals surface area contributed by atoms with Gasteiger partial charge in [0.1, 0.15) is 0 Å². The lowest BCUT2D eigenvalue weighted by molar-refractivity contribution is -0.119. The zero-order valence-corrected chi connectivity index (χ0v) is 16.3. The van der Waals surface area contributed by atoms with Crippen molar-refractivity contribution >= 4 is 17.6 Å². The summed E-state index contributed by atoms with van der Waals surface area (Å²) < 4.78 is 15.4. The van der Waals surface area contributed by atoms with Gasteiger partial charge in [-0.05, 0) is 35.2 Å². The van der Waals surface area contributed by atoms with Gasteiger partial charge in [-0.15, -0.1) is 0 Å². The first-order chi connectivity index (χ1) is 12.7. The van der Waals surface area contributed by atoms with E-state index in [4.69, 9.17) is 14.2 Å². The highest BCUT2D eigenvalue weighted by Gasteiger charge is 2.15. The van der Waals surface area contributed by atoms with Gasteiger partial charge in [-0.1, -0.05) is 32.9 Å². The maximum Gasteiger partial charge on any atom is 0.338 e. The molecule has 0 saturated carbocycles. The van der Waals surface area contributed by atoms with Crippen LogP contribution in [0.3, 0.4) is 0 Å². The van der Waals surface area contributed by atoms with E-state index in [2.05, 4.69) is 26.1 Å². The summed E-state index contributed by atoms with van der Waals surface area (Å²) in [5, 5.41) is 2.65. The van der Waals surface area contributed by atoms with Crippen molar-refractivity contribution in [1.82, 2.24) is 0 Å². The zero-order valence-electron chi connectivity index (χ0n) is 16.3. The third-order valence-corrected chi connectivity index (χ3v) is 3.99. The maximum atomic E-state index is 12.1. The number of amides is 1. The van der Waals surface area contributed by atoms with Gasteiger partial charge in [0, 0.05) is 11.8 Å². The normalized spacial score (nSPS) is 10.9. The molecule has 0 atom stereocenters. The molecule has 0 radical (unpaired) electrons. The molecule has 0 fully saturated rings. The van der Waals surface area contributed by atoms with Gasteiger partial charge in [-0.2, -0.15) is 0 Å². The second-order valence-corrected chi connectivity index (χ2v) is 7.02. The highest BCUT2D eigenvalue weighted by Crippen LogP contribution is 2.29. The van der Waals surface area contributed by atoms with Gasteiger partial charge in [0.2, 0.25) is 0 Å². The fourth-order valence-electron chi connectivity index (χ4n) is 2.43. The summed E-state index contributed by atoms with van der Waals surface area (Å²) >= 11 is 0. The molecule has 0 unspecified atom stereocenters. The van der Waals surface area contributed by atoms with Crippen LogP contribution in [0.2, 0.25) is 0 Å². The van der Waals surface area contributed by atoms with E-state index in [1.54, 1.807) is 30.3 Å². The molecule has 0 aromatic heterocycles. The minimum atomic E-state index is -0.544. The van der Waals surface area contributed by atoms with Crippen LogP contribution in [0.25, 0.3) is 0 Å². The first kappa shape index (κ1) is 20.3. The number of esters is 1. The van der Waals surface area contributed by atoms with Gasteiger partial charge in [-0.25, -0.2) is 4.79 Å². The topological polar surface area (TPSA) is 73.9 Å². The quantitative estimate of drug-likeness (QED) is 0.782. The molecule has 1 N–H and O–H groups in total. The summed E-state index contributed by atoms with van der Waals surface area (Å²) in [6.07, 6.45) is 0. The average Bonchev–Trinajstić information content (AvgIpc) is 2.65. The number of carbonyl (C=O) groups excluding carboxylic acids is 2. The fourth-order valence-corrected chi connectivity index (χ4v) is 2.43. The van der Waals surface area contributed by atoms with Gasteiger partial charge in [0.05, 0.1) is 19.8 Å². The third-order valence-electron chi connectivity index (χ3n) is 3.99. The van der Waals surface area contributed by atoms with Crippen molar-refractivity contribution in [3.05, 3.63) is 53.6 Å². The maximum absolute atomic E-state index is 12.1. The smallest absolute Gasteiger partial charge is 0.338 e. The van der Waals surface area contributed by atoms with Crippen LogP contribution in [0.4, 0.5) is 5.69 Å². The average molecular weight is 371 g/mol. The number of hydrogen-bond donors (Lipinski definition) is 1. The molecule has 0 spiro atoms. The first-order valence-corrected chi connectivity index (χ1v) is 8.54. The molecule has 0 heterocycles. The molecule has 0 aliphatic rings. The zero-order chi connectivity index (χ0) is 20.0. The Morgan fingerprint density at radius 1 is 0.926 bits per heavy atom. The Morgan fingerprint density at radius 2 is 1.56 bits per heavy atom. The van der Waals surface area contributed by atoms with E-state index in [0.717, 1.165) is 5.56 Å². The molecular formula is C21H25NO5. The van der Waals surface area contributed by atoms with Crippen LogP contribution in [-0.2, 0) is 14.9 Å². The van der Waals surface area contributed by atoms with Crippen molar-refractivity contribution in [2.45, 2.75) is 26.2 Å². The summed E-state index contributed by atoms with van der Waals surface area (Å²) in [5.74, 6) is 0.0617. The molecule has 0 aliphatic carbocycles. The van der Waals surface area contributed by atoms with Gasteiger partial charge in [0.15, 0.2) is 18.1 Å². The van der Waals surface area contributed by atoms with Gasteiger partial charge < -0.3 is 19.5 Å². The second-order valence-electron chi connectivity index (χ2n) is 7.02. The van der Waals surface area contributed by atoms with E-state index in [1.807, 2.05) is 12.1 Å². The van der Waals surface area contributed by atoms with Gasteiger partial charge in [0.25, 0.3) is 5.91 Å². The molecule has 6 nitrogen and oxygen atoms in total. The second kappa shape index (κ2) is 8.58. The summed E-state index contributed by atoms with van der Waals surface area (Å²) in [7, 11) is 3.04. The lowest BCUT2D eigenvalue weighted by atomic mass is 9.87. The highest BCUT2D eigenvalue weighted by molar-refractivity contribution is 5.95. The van der Waals surface area contributed by atoms with Crippen molar-refractivity contribution in [2.24, 2.45) is 0 Å². The number of benzene rings is 2. The van der Waals surface area contributed by atoms with Crippen molar-refractivity contribution in [1.29, 1.82) is 0 Å². The number of hydrogen-bond acceptors (Lipinski definition) is 5. The number of nitrogens with one attached hydrogen (secondary N) is 1. The Hall–Kier alpha value is -3.02. The molecule has 6 heteroatoms. The van der Waals surface area contributed by atoms with Crippen LogP contribution in [0.5, 0.6) is 11.5 Å². The summed E-state index contributed by atoms with van der Waals surface area (Å²) in [6.45, 7) is 5.91. The minimum Gasteiger partial charge on any atom is -0.493 e. The Bertz CT molecular complexity index is 806. The van der Waals surface area contributed by atoms with Crippen LogP contribution < -0.4 is 14.8 Å². The SMILES string of the molecule is COc1ccc(NC(=O)COC(=O)c2ccc(C(C)(C)C)cc2)cc1OC. The molecule has 0 aliphatic heterocycles. The fraction of sp³-hybridized carbons (Fsp3) is 0.333. The van der Waals surface area contributed by atoms with E-state index in [0.29, 0.717) is 22.7 Å². The Kier molecular flexibility index (Phi) is 6.45. The Labute approximate surface area is 159 Å². The first-order valence-electron chi connectivity index (χ1n) is 8.54. The van der Waals surface area contributed by atoms with Crippen LogP contribution >= 0.6 is 0 Å². The van der Waals surface area contributed by atoms with Crippen molar-refractivity contribution < 1.29 is 23.8 Å². The molecule has 144 valence electrons. The van der Waals surface area contributed by atoms with Gasteiger partial charge >= 0.3 is 5.97 Å². The third kappa shape index (κ3) is 5.48. The van der Waals surface area contributed by atoms with Crippen LogP contribution in [0.1, 0.15) is 36.7 Å². The molecule has 1 amide bonds. The summed E-state index contributed by atoms with van der Waals surface area (Å²) in [5.41, 5.74) is 2.04. The molecule has 2 rings (SSSR count). The van der Waals surface area contributed by atoms with E-state index >= 15 is 0 Å². The number of carbonyl (C=O) groups is 2. The van der Waals surface area contributed by atoms with E-state index in [1.165, 1.54) is 14.2 Å². The molecule has 0 saturated heterocycles. The van der Waals surface area contributed by atoms with E-state index < -0.39 is 11.9 Å². The van der Waals surface area contributed by atoms with E-state index in [-0.39, 0.29) is 12.0 Å². The number of rotatable bonds is 6. The molecule has 2 aromatic carbocycles. The monoisotopic (exact) mass is 371 g/mol. The molecule has 2 aromatic rings. The summed E-state index contributed by atoms with van der Waals surface area (Å²) in [4.78, 5) is 24.1.